The van der Waals surface area contributed by atoms with E-state index >= 15 is 0 Å². The zero-order valence-corrected chi connectivity index (χ0v) is 12.8. The van der Waals surface area contributed by atoms with E-state index < -0.39 is 5.60 Å². The van der Waals surface area contributed by atoms with Gasteiger partial charge in [0.1, 0.15) is 16.4 Å². The maximum atomic E-state index is 6.18. The van der Waals surface area contributed by atoms with Gasteiger partial charge in [-0.1, -0.05) is 46.4 Å². The highest BCUT2D eigenvalue weighted by Gasteiger charge is 2.35. The van der Waals surface area contributed by atoms with Crippen molar-refractivity contribution in [1.29, 1.82) is 0 Å². The van der Waals surface area contributed by atoms with Crippen molar-refractivity contribution in [3.05, 3.63) is 49.9 Å². The minimum Gasteiger partial charge on any atom is -0.480 e. The summed E-state index contributed by atoms with van der Waals surface area (Å²) in [5.41, 5.74) is 0.103. The minimum absolute atomic E-state index is 0.309. The Hall–Kier alpha value is -0.340. The van der Waals surface area contributed by atoms with Crippen molar-refractivity contribution >= 4 is 52.2 Å². The summed E-state index contributed by atoms with van der Waals surface area (Å²) >= 11 is 24.3. The van der Waals surface area contributed by atoms with Crippen LogP contribution >= 0.6 is 46.4 Å². The number of benzene rings is 1. The van der Waals surface area contributed by atoms with E-state index in [1.165, 1.54) is 0 Å². The smallest absolute Gasteiger partial charge is 0.148 e. The Bertz CT molecular complexity index is 541. The van der Waals surface area contributed by atoms with Gasteiger partial charge in [0.05, 0.1) is 10.1 Å². The Balaban J connectivity index is 2.54. The first-order chi connectivity index (χ1) is 8.33. The van der Waals surface area contributed by atoms with Gasteiger partial charge in [0.25, 0.3) is 0 Å². The van der Waals surface area contributed by atoms with Crippen molar-refractivity contribution in [2.24, 2.45) is 0 Å². The first kappa shape index (κ1) is 14.1. The van der Waals surface area contributed by atoms with Gasteiger partial charge < -0.3 is 4.74 Å². The molecule has 1 aliphatic rings. The molecule has 18 heavy (non-hydrogen) atoms. The Kier molecular flexibility index (Phi) is 3.89. The van der Waals surface area contributed by atoms with Crippen LogP contribution in [-0.4, -0.2) is 5.60 Å². The van der Waals surface area contributed by atoms with Crippen molar-refractivity contribution in [3.8, 4) is 0 Å². The van der Waals surface area contributed by atoms with Crippen molar-refractivity contribution < 1.29 is 4.74 Å². The molecule has 2 rings (SSSR count). The molecule has 0 aliphatic carbocycles. The van der Waals surface area contributed by atoms with Gasteiger partial charge in [0.15, 0.2) is 0 Å². The third-order valence-electron chi connectivity index (χ3n) is 2.58. The SMILES string of the molecule is CC1(C)OC(c2ccc(Cl)cc2)=C(Cl)C(Cl)=C1Cl. The molecular weight excluding hydrogens is 314 g/mol. The molecule has 0 amide bonds. The van der Waals surface area contributed by atoms with E-state index in [9.17, 15) is 0 Å². The van der Waals surface area contributed by atoms with E-state index in [0.717, 1.165) is 5.56 Å². The Morgan fingerprint density at radius 2 is 1.44 bits per heavy atom. The molecular formula is C13H10Cl4O. The monoisotopic (exact) mass is 322 g/mol. The van der Waals surface area contributed by atoms with Crippen molar-refractivity contribution in [1.82, 2.24) is 0 Å². The van der Waals surface area contributed by atoms with Gasteiger partial charge in [-0.25, -0.2) is 0 Å². The molecule has 0 radical (unpaired) electrons. The topological polar surface area (TPSA) is 9.23 Å². The quantitative estimate of drug-likeness (QED) is 0.639. The molecule has 96 valence electrons. The van der Waals surface area contributed by atoms with E-state index in [2.05, 4.69) is 0 Å². The fraction of sp³-hybridized carbons (Fsp3) is 0.231. The Morgan fingerprint density at radius 1 is 0.889 bits per heavy atom. The van der Waals surface area contributed by atoms with E-state index in [1.807, 2.05) is 26.0 Å². The second kappa shape index (κ2) is 4.97. The average Bonchev–Trinajstić information content (AvgIpc) is 2.33. The summed E-state index contributed by atoms with van der Waals surface area (Å²) in [6, 6.07) is 7.16. The molecule has 5 heteroatoms. The average molecular weight is 324 g/mol. The molecule has 1 aliphatic heterocycles. The first-order valence-electron chi connectivity index (χ1n) is 5.24. The lowest BCUT2D eigenvalue weighted by Crippen LogP contribution is -2.28. The second-order valence-corrected chi connectivity index (χ2v) is 5.96. The molecule has 0 fully saturated rings. The largest absolute Gasteiger partial charge is 0.480 e. The molecule has 1 aromatic carbocycles. The number of rotatable bonds is 1. The third-order valence-corrected chi connectivity index (χ3v) is 4.41. The van der Waals surface area contributed by atoms with Crippen LogP contribution in [0.4, 0.5) is 0 Å². The summed E-state index contributed by atoms with van der Waals surface area (Å²) < 4.78 is 5.82. The lowest BCUT2D eigenvalue weighted by molar-refractivity contribution is 0.117. The number of allylic oxidation sites excluding steroid dienone is 2. The summed E-state index contributed by atoms with van der Waals surface area (Å²) in [5.74, 6) is 0.507. The second-order valence-electron chi connectivity index (χ2n) is 4.39. The number of halogens is 4. The standard InChI is InChI=1S/C13H10Cl4O/c1-13(2)12(17)10(16)9(15)11(18-13)7-3-5-8(14)6-4-7/h3-6H,1-2H3. The van der Waals surface area contributed by atoms with Gasteiger partial charge in [-0.2, -0.15) is 0 Å². The van der Waals surface area contributed by atoms with Gasteiger partial charge in [-0.05, 0) is 38.1 Å². The number of hydrogen-bond acceptors (Lipinski definition) is 1. The van der Waals surface area contributed by atoms with Crippen molar-refractivity contribution in [2.45, 2.75) is 19.4 Å². The zero-order chi connectivity index (χ0) is 13.5. The van der Waals surface area contributed by atoms with Gasteiger partial charge in [-0.3, -0.25) is 0 Å². The van der Waals surface area contributed by atoms with Crippen LogP contribution in [0.25, 0.3) is 5.76 Å². The van der Waals surface area contributed by atoms with Crippen LogP contribution in [0.3, 0.4) is 0 Å². The van der Waals surface area contributed by atoms with Crippen molar-refractivity contribution in [2.75, 3.05) is 0 Å². The fourth-order valence-electron chi connectivity index (χ4n) is 1.59. The van der Waals surface area contributed by atoms with Crippen LogP contribution in [0.1, 0.15) is 19.4 Å². The van der Waals surface area contributed by atoms with Gasteiger partial charge in [0.2, 0.25) is 0 Å². The lowest BCUT2D eigenvalue weighted by atomic mass is 10.0. The summed E-state index contributed by atoms with van der Waals surface area (Å²) in [6.07, 6.45) is 0. The van der Waals surface area contributed by atoms with Gasteiger partial charge in [0, 0.05) is 10.6 Å². The molecule has 1 aromatic rings. The predicted octanol–water partition coefficient (Wildman–Crippen LogP) is 5.75. The maximum Gasteiger partial charge on any atom is 0.148 e. The molecule has 0 atom stereocenters. The van der Waals surface area contributed by atoms with E-state index in [-0.39, 0.29) is 0 Å². The molecule has 0 aromatic heterocycles. The molecule has 1 heterocycles. The maximum absolute atomic E-state index is 6.18. The van der Waals surface area contributed by atoms with Crippen LogP contribution in [-0.2, 0) is 4.74 Å². The number of ether oxygens (including phenoxy) is 1. The fourth-order valence-corrected chi connectivity index (χ4v) is 2.45. The van der Waals surface area contributed by atoms with Gasteiger partial charge >= 0.3 is 0 Å². The van der Waals surface area contributed by atoms with Crippen LogP contribution in [0.5, 0.6) is 0 Å². The molecule has 0 saturated heterocycles. The van der Waals surface area contributed by atoms with Crippen molar-refractivity contribution in [3.63, 3.8) is 0 Å². The highest BCUT2D eigenvalue weighted by atomic mass is 35.5. The molecule has 1 nitrogen and oxygen atoms in total. The van der Waals surface area contributed by atoms with E-state index in [4.69, 9.17) is 51.1 Å². The normalized spacial score (nSPS) is 19.0. The van der Waals surface area contributed by atoms with Crippen LogP contribution in [0, 0.1) is 0 Å². The minimum atomic E-state index is -0.702. The zero-order valence-electron chi connectivity index (χ0n) is 9.73. The van der Waals surface area contributed by atoms with Crippen LogP contribution < -0.4 is 0 Å². The third kappa shape index (κ3) is 2.50. The summed E-state index contributed by atoms with van der Waals surface area (Å²) in [6.45, 7) is 3.66. The van der Waals surface area contributed by atoms with Crippen LogP contribution in [0.15, 0.2) is 39.4 Å². The summed E-state index contributed by atoms with van der Waals surface area (Å²) in [5, 5.41) is 1.67. The van der Waals surface area contributed by atoms with Crippen LogP contribution in [0.2, 0.25) is 5.02 Å². The van der Waals surface area contributed by atoms with E-state index in [1.54, 1.807) is 12.1 Å². The van der Waals surface area contributed by atoms with E-state index in [0.29, 0.717) is 25.9 Å². The lowest BCUT2D eigenvalue weighted by Gasteiger charge is -2.32. The molecule has 0 unspecified atom stereocenters. The summed E-state index contributed by atoms with van der Waals surface area (Å²) in [7, 11) is 0. The Labute approximate surface area is 126 Å². The molecule has 0 spiro atoms. The molecule has 0 N–H and O–H groups in total. The van der Waals surface area contributed by atoms with Gasteiger partial charge in [-0.15, -0.1) is 0 Å². The summed E-state index contributed by atoms with van der Waals surface area (Å²) in [4.78, 5) is 0. The highest BCUT2D eigenvalue weighted by molar-refractivity contribution is 6.50. The first-order valence-corrected chi connectivity index (χ1v) is 6.75. The molecule has 0 bridgehead atoms. The predicted molar refractivity (Wildman–Crippen MR) is 78.1 cm³/mol. The molecule has 0 saturated carbocycles. The highest BCUT2D eigenvalue weighted by Crippen LogP contribution is 2.45. The Morgan fingerprint density at radius 3 is 2.00 bits per heavy atom. The number of hydrogen-bond donors (Lipinski definition) is 0.